The van der Waals surface area contributed by atoms with E-state index in [9.17, 15) is 18.4 Å². The number of pyridine rings is 1. The number of nitrogens with one attached hydrogen (secondary N) is 1. The van der Waals surface area contributed by atoms with Crippen molar-refractivity contribution in [3.05, 3.63) is 40.6 Å². The highest BCUT2D eigenvalue weighted by molar-refractivity contribution is 6.30. The normalized spacial score (nSPS) is 22.5. The summed E-state index contributed by atoms with van der Waals surface area (Å²) in [5.74, 6) is -3.65. The van der Waals surface area contributed by atoms with Gasteiger partial charge in [0.05, 0.1) is 10.7 Å². The molecule has 1 N–H and O–H groups in total. The molecule has 2 aromatic rings. The van der Waals surface area contributed by atoms with Crippen molar-refractivity contribution in [2.24, 2.45) is 0 Å². The van der Waals surface area contributed by atoms with Crippen LogP contribution < -0.4 is 15.0 Å². The third-order valence-corrected chi connectivity index (χ3v) is 5.45. The van der Waals surface area contributed by atoms with E-state index >= 15 is 0 Å². The van der Waals surface area contributed by atoms with Crippen LogP contribution in [-0.4, -0.2) is 59.0 Å². The maximum absolute atomic E-state index is 13.4. The molecular formula is C20H20ClF2N5O4. The zero-order valence-electron chi connectivity index (χ0n) is 17.3. The molecule has 2 atom stereocenters. The predicted molar refractivity (Wildman–Crippen MR) is 109 cm³/mol. The van der Waals surface area contributed by atoms with Crippen LogP contribution in [0.25, 0.3) is 0 Å². The Bertz CT molecular complexity index is 1060. The molecule has 0 spiro atoms. The lowest BCUT2D eigenvalue weighted by Crippen LogP contribution is -2.49. The van der Waals surface area contributed by atoms with Crippen molar-refractivity contribution in [3.63, 3.8) is 0 Å². The van der Waals surface area contributed by atoms with Gasteiger partial charge >= 0.3 is 0 Å². The van der Waals surface area contributed by atoms with Crippen LogP contribution in [0.1, 0.15) is 40.8 Å². The van der Waals surface area contributed by atoms with Crippen molar-refractivity contribution in [2.45, 2.75) is 37.8 Å². The molecule has 12 heteroatoms. The first-order valence-electron chi connectivity index (χ1n) is 9.84. The van der Waals surface area contributed by atoms with E-state index in [1.165, 1.54) is 30.4 Å². The third-order valence-electron chi connectivity index (χ3n) is 5.24. The van der Waals surface area contributed by atoms with E-state index in [2.05, 4.69) is 20.3 Å². The predicted octanol–water partition coefficient (Wildman–Crippen LogP) is 2.47. The molecule has 32 heavy (non-hydrogen) atoms. The van der Waals surface area contributed by atoms with E-state index in [0.717, 1.165) is 0 Å². The van der Waals surface area contributed by atoms with Crippen LogP contribution in [-0.2, 0) is 9.53 Å². The summed E-state index contributed by atoms with van der Waals surface area (Å²) in [7, 11) is 1.51. The Hall–Kier alpha value is -2.92. The molecule has 2 aromatic heterocycles. The summed E-state index contributed by atoms with van der Waals surface area (Å²) in [4.78, 5) is 39.2. The zero-order valence-corrected chi connectivity index (χ0v) is 18.0. The van der Waals surface area contributed by atoms with Gasteiger partial charge in [-0.25, -0.2) is 23.7 Å². The number of rotatable bonds is 3. The second kappa shape index (κ2) is 8.55. The average Bonchev–Trinajstić information content (AvgIpc) is 2.86. The maximum atomic E-state index is 13.4. The highest BCUT2D eigenvalue weighted by Crippen LogP contribution is 2.36. The van der Waals surface area contributed by atoms with Gasteiger partial charge in [-0.05, 0) is 18.9 Å². The van der Waals surface area contributed by atoms with Gasteiger partial charge in [0, 0.05) is 31.9 Å². The number of amides is 2. The van der Waals surface area contributed by atoms with Crippen LogP contribution >= 0.6 is 11.6 Å². The fourth-order valence-corrected chi connectivity index (χ4v) is 3.65. The molecule has 2 amide bonds. The molecule has 0 aliphatic carbocycles. The quantitative estimate of drug-likeness (QED) is 0.739. The number of hydrogen-bond acceptors (Lipinski definition) is 7. The van der Waals surface area contributed by atoms with Gasteiger partial charge < -0.3 is 14.8 Å². The molecule has 4 heterocycles. The van der Waals surface area contributed by atoms with E-state index < -0.39 is 36.5 Å². The van der Waals surface area contributed by atoms with Gasteiger partial charge in [0.25, 0.3) is 17.7 Å². The number of hydrogen-bond donors (Lipinski definition) is 1. The van der Waals surface area contributed by atoms with E-state index in [0.29, 0.717) is 22.0 Å². The van der Waals surface area contributed by atoms with Crippen LogP contribution in [0.4, 0.5) is 14.6 Å². The Morgan fingerprint density at radius 1 is 1.34 bits per heavy atom. The maximum Gasteiger partial charge on any atom is 0.289 e. The first-order chi connectivity index (χ1) is 15.1. The number of nitrogens with zero attached hydrogens (tertiary/aromatic N) is 4. The number of aryl methyl sites for hydroxylation is 1. The van der Waals surface area contributed by atoms with Gasteiger partial charge in [0.2, 0.25) is 5.82 Å². The van der Waals surface area contributed by atoms with Gasteiger partial charge in [-0.15, -0.1) is 0 Å². The minimum atomic E-state index is -2.87. The summed E-state index contributed by atoms with van der Waals surface area (Å²) in [5, 5.41) is 2.91. The van der Waals surface area contributed by atoms with Gasteiger partial charge in [-0.3, -0.25) is 14.5 Å². The van der Waals surface area contributed by atoms with Crippen LogP contribution in [0.5, 0.6) is 5.75 Å². The Balaban J connectivity index is 1.50. The third kappa shape index (κ3) is 4.49. The van der Waals surface area contributed by atoms with E-state index in [1.807, 2.05) is 0 Å². The molecule has 0 saturated carbocycles. The van der Waals surface area contributed by atoms with Crippen molar-refractivity contribution in [1.29, 1.82) is 0 Å². The van der Waals surface area contributed by atoms with Crippen LogP contribution in [0.2, 0.25) is 5.02 Å². The largest absolute Gasteiger partial charge is 0.487 e. The molecule has 2 unspecified atom stereocenters. The average molecular weight is 468 g/mol. The number of fused-ring (bicyclic) bond motifs is 1. The van der Waals surface area contributed by atoms with Gasteiger partial charge in [0.1, 0.15) is 25.4 Å². The number of anilines is 1. The number of alkyl halides is 2. The molecule has 2 aliphatic rings. The molecule has 0 radical (unpaired) electrons. The van der Waals surface area contributed by atoms with Gasteiger partial charge in [-0.1, -0.05) is 11.6 Å². The Kier molecular flexibility index (Phi) is 5.95. The number of carbonyl (C=O) groups excluding carboxylic acids is 2. The fourth-order valence-electron chi connectivity index (χ4n) is 3.51. The topological polar surface area (TPSA) is 107 Å². The number of carbonyl (C=O) groups is 2. The van der Waals surface area contributed by atoms with Crippen LogP contribution in [0.3, 0.4) is 0 Å². The SMILES string of the molecule is Cc1cnc(C(=O)NC2COc3cc(Cl)cnc3N(C)C2=O)nc1C1CCC(F)(F)CO1. The lowest BCUT2D eigenvalue weighted by Gasteiger charge is -2.29. The number of likely N-dealkylation sites (N-methyl/N-ethyl adjacent to an activating group) is 1. The highest BCUT2D eigenvalue weighted by atomic mass is 35.5. The summed E-state index contributed by atoms with van der Waals surface area (Å²) >= 11 is 5.94. The van der Waals surface area contributed by atoms with E-state index in [4.69, 9.17) is 21.1 Å². The van der Waals surface area contributed by atoms with Crippen molar-refractivity contribution in [1.82, 2.24) is 20.3 Å². The number of halogens is 3. The van der Waals surface area contributed by atoms with Crippen molar-refractivity contribution < 1.29 is 27.8 Å². The molecule has 1 saturated heterocycles. The van der Waals surface area contributed by atoms with Crippen molar-refractivity contribution in [3.8, 4) is 5.75 Å². The van der Waals surface area contributed by atoms with Gasteiger partial charge in [-0.2, -0.15) is 0 Å². The molecule has 1 fully saturated rings. The second-order valence-electron chi connectivity index (χ2n) is 7.67. The summed E-state index contributed by atoms with van der Waals surface area (Å²) in [5.41, 5.74) is 0.983. The monoisotopic (exact) mass is 467 g/mol. The van der Waals surface area contributed by atoms with E-state index in [-0.39, 0.29) is 31.1 Å². The molecule has 170 valence electrons. The van der Waals surface area contributed by atoms with Crippen LogP contribution in [0.15, 0.2) is 18.5 Å². The number of aromatic nitrogens is 3. The molecule has 4 rings (SSSR count). The standard InChI is InChI=1S/C20H20ClF2N5O4/c1-10-6-24-16(27-15(10)13-3-4-20(22,23)9-32-13)18(29)26-12-8-31-14-5-11(21)7-25-17(14)28(2)19(12)30/h5-7,12-13H,3-4,8-9H2,1-2H3,(H,26,29). The first kappa shape index (κ1) is 22.3. The zero-order chi connectivity index (χ0) is 23.0. The lowest BCUT2D eigenvalue weighted by atomic mass is 10.0. The summed E-state index contributed by atoms with van der Waals surface area (Å²) in [6.45, 7) is 0.852. The Morgan fingerprint density at radius 2 is 2.12 bits per heavy atom. The molecular weight excluding hydrogens is 448 g/mol. The summed E-state index contributed by atoms with van der Waals surface area (Å²) in [6, 6.07) is 0.499. The van der Waals surface area contributed by atoms with E-state index in [1.54, 1.807) is 6.92 Å². The molecule has 9 nitrogen and oxygen atoms in total. The molecule has 2 aliphatic heterocycles. The Morgan fingerprint density at radius 3 is 2.84 bits per heavy atom. The van der Waals surface area contributed by atoms with Gasteiger partial charge in [0.15, 0.2) is 11.6 Å². The summed E-state index contributed by atoms with van der Waals surface area (Å²) in [6.07, 6.45) is 1.88. The minimum Gasteiger partial charge on any atom is -0.487 e. The number of ether oxygens (including phenoxy) is 2. The lowest BCUT2D eigenvalue weighted by molar-refractivity contribution is -0.146. The van der Waals surface area contributed by atoms with Crippen molar-refractivity contribution in [2.75, 3.05) is 25.2 Å². The second-order valence-corrected chi connectivity index (χ2v) is 8.10. The summed E-state index contributed by atoms with van der Waals surface area (Å²) < 4.78 is 37.7. The molecule has 0 bridgehead atoms. The van der Waals surface area contributed by atoms with Crippen molar-refractivity contribution >= 4 is 29.2 Å². The Labute approximate surface area is 187 Å². The highest BCUT2D eigenvalue weighted by Gasteiger charge is 2.38. The van der Waals surface area contributed by atoms with Crippen LogP contribution in [0, 0.1) is 6.92 Å². The fraction of sp³-hybridized carbons (Fsp3) is 0.450. The smallest absolute Gasteiger partial charge is 0.289 e. The molecule has 0 aromatic carbocycles. The minimum absolute atomic E-state index is 0.0689. The first-order valence-corrected chi connectivity index (χ1v) is 10.2.